The van der Waals surface area contributed by atoms with Crippen molar-refractivity contribution in [3.05, 3.63) is 87.3 Å². The van der Waals surface area contributed by atoms with Gasteiger partial charge in [0.15, 0.2) is 0 Å². The zero-order chi connectivity index (χ0) is 45.1. The van der Waals surface area contributed by atoms with Gasteiger partial charge in [-0.3, -0.25) is 24.4 Å². The molecule has 0 unspecified atom stereocenters. The minimum Gasteiger partial charge on any atom is -0.464 e. The standard InChI is InChI=1S/C50H59FN8O5S/c1-29(63-5)44-37(22-32(26-52-44)57-18-16-56(4)17-19-57)46-38-25-50(2,3)28-64-49(62)40-13-9-15-59(55-40)48(61)41(54-47(60)36-23-34(36)33-11-6-7-12-39(33)51)24-43-53-42(27-65-43)31-20-30-10-8-14-58(46)45(30)35(38)21-31/h6-7,11-12,20-22,26-27,29,34,36,40-41,55H,8-10,13-19,23-25,28H2,1-5H3,(H,54,60)/t29-,34+,36-,40-,41-/m0/s1. The van der Waals surface area contributed by atoms with E-state index in [1.165, 1.54) is 39.1 Å². The Bertz CT molecular complexity index is 2650. The van der Waals surface area contributed by atoms with Crippen LogP contribution >= 0.6 is 11.3 Å². The number of pyridine rings is 1. The van der Waals surface area contributed by atoms with Crippen molar-refractivity contribution in [3.8, 4) is 22.5 Å². The number of amides is 2. The van der Waals surface area contributed by atoms with Crippen LogP contribution in [0.4, 0.5) is 10.1 Å². The van der Waals surface area contributed by atoms with E-state index < -0.39 is 29.4 Å². The maximum absolute atomic E-state index is 14.7. The summed E-state index contributed by atoms with van der Waals surface area (Å²) in [5.41, 5.74) is 12.8. The quantitative estimate of drug-likeness (QED) is 0.168. The first kappa shape index (κ1) is 43.7. The molecule has 3 fully saturated rings. The first-order chi connectivity index (χ1) is 31.4. The van der Waals surface area contributed by atoms with Crippen LogP contribution < -0.4 is 15.6 Å². The number of ether oxygens (including phenoxy) is 2. The predicted octanol–water partition coefficient (Wildman–Crippen LogP) is 6.82. The lowest BCUT2D eigenvalue weighted by molar-refractivity contribution is -0.155. The summed E-state index contributed by atoms with van der Waals surface area (Å²) in [6, 6.07) is 11.7. The van der Waals surface area contributed by atoms with Crippen molar-refractivity contribution in [3.63, 3.8) is 0 Å². The maximum atomic E-state index is 14.7. The second-order valence-electron chi connectivity index (χ2n) is 19.5. The summed E-state index contributed by atoms with van der Waals surface area (Å²) in [5.74, 6) is -2.10. The Morgan fingerprint density at radius 2 is 1.89 bits per heavy atom. The number of halogens is 1. The molecule has 2 saturated heterocycles. The number of methoxy groups -OCH3 is 1. The van der Waals surface area contributed by atoms with E-state index in [0.29, 0.717) is 42.8 Å². The van der Waals surface area contributed by atoms with E-state index in [1.807, 2.05) is 11.6 Å². The van der Waals surface area contributed by atoms with Gasteiger partial charge in [-0.05, 0) is 99.4 Å². The molecule has 4 aliphatic heterocycles. The van der Waals surface area contributed by atoms with Crippen molar-refractivity contribution in [2.45, 2.75) is 96.4 Å². The molecule has 5 aromatic rings. The third-order valence-corrected chi connectivity index (χ3v) is 15.1. The normalized spacial score (nSPS) is 24.1. The molecule has 65 heavy (non-hydrogen) atoms. The average Bonchev–Trinajstić information content (AvgIpc) is 3.87. The molecule has 5 aliphatic rings. The van der Waals surface area contributed by atoms with Crippen molar-refractivity contribution in [1.29, 1.82) is 0 Å². The number of thiazole rings is 1. The summed E-state index contributed by atoms with van der Waals surface area (Å²) < 4.78 is 29.4. The number of carbonyl (C=O) groups is 3. The van der Waals surface area contributed by atoms with Crippen LogP contribution in [0.15, 0.2) is 54.0 Å². The highest BCUT2D eigenvalue weighted by Crippen LogP contribution is 2.49. The van der Waals surface area contributed by atoms with Crippen molar-refractivity contribution >= 4 is 45.7 Å². The second-order valence-corrected chi connectivity index (χ2v) is 20.5. The highest BCUT2D eigenvalue weighted by Gasteiger charge is 2.46. The van der Waals surface area contributed by atoms with Crippen molar-refractivity contribution in [2.75, 3.05) is 58.4 Å². The molecule has 0 radical (unpaired) electrons. The molecule has 342 valence electrons. The number of hydrazine groups is 1. The van der Waals surface area contributed by atoms with E-state index in [2.05, 4.69) is 71.1 Å². The number of likely N-dealkylation sites (N-methyl/N-ethyl adjacent to an activating group) is 1. The third-order valence-electron chi connectivity index (χ3n) is 14.2. The molecule has 2 aromatic carbocycles. The van der Waals surface area contributed by atoms with Crippen LogP contribution in [-0.4, -0.2) is 108 Å². The average molecular weight is 903 g/mol. The van der Waals surface area contributed by atoms with Crippen molar-refractivity contribution in [2.24, 2.45) is 11.3 Å². The molecule has 10 rings (SSSR count). The maximum Gasteiger partial charge on any atom is 0.324 e. The Hall–Kier alpha value is -5.22. The lowest BCUT2D eigenvalue weighted by atomic mass is 9.84. The Morgan fingerprint density at radius 3 is 2.69 bits per heavy atom. The number of aromatic nitrogens is 3. The Morgan fingerprint density at radius 1 is 1.08 bits per heavy atom. The van der Waals surface area contributed by atoms with Gasteiger partial charge in [0.25, 0.3) is 5.91 Å². The second kappa shape index (κ2) is 17.5. The fraction of sp³-hybridized carbons (Fsp3) is 0.500. The lowest BCUT2D eigenvalue weighted by Gasteiger charge is -2.35. The Labute approximate surface area is 383 Å². The Balaban J connectivity index is 1.07. The minimum atomic E-state index is -0.964. The van der Waals surface area contributed by atoms with E-state index >= 15 is 0 Å². The molecule has 2 N–H and O–H groups in total. The van der Waals surface area contributed by atoms with Crippen LogP contribution in [0.3, 0.4) is 0 Å². The van der Waals surface area contributed by atoms with Gasteiger partial charge < -0.3 is 29.2 Å². The minimum absolute atomic E-state index is 0.159. The number of hydrogen-bond donors (Lipinski definition) is 2. The molecule has 7 heterocycles. The summed E-state index contributed by atoms with van der Waals surface area (Å²) in [6.45, 7) is 11.5. The molecule has 3 aromatic heterocycles. The van der Waals surface area contributed by atoms with Gasteiger partial charge in [-0.15, -0.1) is 11.3 Å². The number of piperazine rings is 1. The zero-order valence-corrected chi connectivity index (χ0v) is 38.8. The molecule has 1 saturated carbocycles. The van der Waals surface area contributed by atoms with Crippen LogP contribution in [-0.2, 0) is 49.7 Å². The number of nitrogens with zero attached hydrogens (tertiary/aromatic N) is 6. The molecule has 13 nitrogen and oxygen atoms in total. The van der Waals surface area contributed by atoms with E-state index in [0.717, 1.165) is 84.8 Å². The SMILES string of the molecule is CO[C@@H](C)c1ncc(N2CCN(C)CC2)cc1-c1c2c3cc(cc4c3n1CCC4)-c1csc(n1)C[C@H](NC(=O)[C@H]1C[C@@H]1c1ccccc1F)C(=O)N1CCC[C@H](N1)C(=O)OCC(C)(C)C2. The highest BCUT2D eigenvalue weighted by molar-refractivity contribution is 7.10. The fourth-order valence-corrected chi connectivity index (χ4v) is 11.3. The van der Waals surface area contributed by atoms with Gasteiger partial charge in [-0.25, -0.2) is 14.8 Å². The lowest BCUT2D eigenvalue weighted by Crippen LogP contribution is -2.60. The van der Waals surface area contributed by atoms with Gasteiger partial charge in [0, 0.05) is 86.0 Å². The summed E-state index contributed by atoms with van der Waals surface area (Å²) in [4.78, 5) is 57.4. The molecule has 0 spiro atoms. The van der Waals surface area contributed by atoms with Gasteiger partial charge in [-0.2, -0.15) is 0 Å². The molecule has 5 atom stereocenters. The molecule has 6 bridgehead atoms. The van der Waals surface area contributed by atoms with Gasteiger partial charge in [-0.1, -0.05) is 32.0 Å². The number of nitrogens with one attached hydrogen (secondary N) is 2. The van der Waals surface area contributed by atoms with Crippen LogP contribution in [0.5, 0.6) is 0 Å². The molecule has 2 amide bonds. The van der Waals surface area contributed by atoms with E-state index in [9.17, 15) is 18.8 Å². The fourth-order valence-electron chi connectivity index (χ4n) is 10.4. The number of anilines is 1. The van der Waals surface area contributed by atoms with Crippen LogP contribution in [0.25, 0.3) is 33.4 Å². The molecule has 1 aliphatic carbocycles. The zero-order valence-electron chi connectivity index (χ0n) is 38.0. The summed E-state index contributed by atoms with van der Waals surface area (Å²) in [7, 11) is 3.90. The summed E-state index contributed by atoms with van der Waals surface area (Å²) in [6.07, 6.45) is 5.97. The smallest absolute Gasteiger partial charge is 0.324 e. The number of cyclic esters (lactones) is 1. The van der Waals surface area contributed by atoms with Gasteiger partial charge in [0.05, 0.1) is 52.2 Å². The summed E-state index contributed by atoms with van der Waals surface area (Å²) in [5, 5.41) is 8.39. The number of fused-ring (bicyclic) bond motifs is 6. The monoisotopic (exact) mass is 902 g/mol. The highest BCUT2D eigenvalue weighted by atomic mass is 32.1. The van der Waals surface area contributed by atoms with E-state index in [1.54, 1.807) is 25.3 Å². The van der Waals surface area contributed by atoms with Crippen molar-refractivity contribution in [1.82, 2.24) is 35.2 Å². The number of hydrogen-bond acceptors (Lipinski definition) is 11. The largest absolute Gasteiger partial charge is 0.464 e. The number of carbonyl (C=O) groups excluding carboxylic acids is 3. The topological polar surface area (TPSA) is 134 Å². The van der Waals surface area contributed by atoms with Crippen LogP contribution in [0, 0.1) is 17.2 Å². The Kier molecular flexibility index (Phi) is 11.8. The first-order valence-electron chi connectivity index (χ1n) is 23.2. The number of benzene rings is 2. The molecular weight excluding hydrogens is 844 g/mol. The summed E-state index contributed by atoms with van der Waals surface area (Å²) >= 11 is 1.47. The van der Waals surface area contributed by atoms with Gasteiger partial charge >= 0.3 is 5.97 Å². The van der Waals surface area contributed by atoms with Crippen LogP contribution in [0.2, 0.25) is 0 Å². The van der Waals surface area contributed by atoms with Crippen molar-refractivity contribution < 1.29 is 28.2 Å². The van der Waals surface area contributed by atoms with E-state index in [-0.39, 0.29) is 42.7 Å². The molecular formula is C50H59FN8O5S. The molecule has 15 heteroatoms. The van der Waals surface area contributed by atoms with Gasteiger partial charge in [0.2, 0.25) is 5.91 Å². The number of aryl methyl sites for hydroxylation is 2. The predicted molar refractivity (Wildman–Crippen MR) is 249 cm³/mol. The van der Waals surface area contributed by atoms with Crippen LogP contribution in [0.1, 0.15) is 85.9 Å². The third kappa shape index (κ3) is 8.56. The first-order valence-corrected chi connectivity index (χ1v) is 24.1. The van der Waals surface area contributed by atoms with E-state index in [4.69, 9.17) is 19.4 Å². The number of esters is 1. The number of rotatable bonds is 7. The van der Waals surface area contributed by atoms with Gasteiger partial charge in [0.1, 0.15) is 17.9 Å².